The summed E-state index contributed by atoms with van der Waals surface area (Å²) in [4.78, 5) is 22.2. The molecule has 1 aromatic carbocycles. The number of hydrogen-bond acceptors (Lipinski definition) is 5. The number of rotatable bonds is 5. The second-order valence-corrected chi connectivity index (χ2v) is 4.58. The second kappa shape index (κ2) is 6.52. The van der Waals surface area contributed by atoms with Crippen molar-refractivity contribution in [3.63, 3.8) is 0 Å². The zero-order valence-electron chi connectivity index (χ0n) is 11.5. The van der Waals surface area contributed by atoms with Crippen LogP contribution in [0.15, 0.2) is 18.2 Å². The van der Waals surface area contributed by atoms with Crippen molar-refractivity contribution in [3.05, 3.63) is 33.9 Å². The van der Waals surface area contributed by atoms with Gasteiger partial charge in [-0.2, -0.15) is 5.26 Å². The van der Waals surface area contributed by atoms with Crippen LogP contribution in [0.2, 0.25) is 0 Å². The van der Waals surface area contributed by atoms with E-state index in [1.165, 1.54) is 25.2 Å². The second-order valence-electron chi connectivity index (χ2n) is 4.58. The molecule has 0 fully saturated rings. The van der Waals surface area contributed by atoms with Crippen LogP contribution in [0.1, 0.15) is 19.4 Å². The fraction of sp³-hybridized carbons (Fsp3) is 0.385. The van der Waals surface area contributed by atoms with E-state index in [9.17, 15) is 14.9 Å². The first-order valence-corrected chi connectivity index (χ1v) is 6.07. The third kappa shape index (κ3) is 3.45. The summed E-state index contributed by atoms with van der Waals surface area (Å²) in [6.07, 6.45) is 0. The lowest BCUT2D eigenvalue weighted by molar-refractivity contribution is -0.384. The first kappa shape index (κ1) is 15.4. The van der Waals surface area contributed by atoms with Gasteiger partial charge < -0.3 is 10.6 Å². The van der Waals surface area contributed by atoms with E-state index in [1.807, 2.05) is 19.9 Å². The van der Waals surface area contributed by atoms with Gasteiger partial charge in [-0.15, -0.1) is 0 Å². The molecule has 0 saturated carbocycles. The van der Waals surface area contributed by atoms with E-state index < -0.39 is 11.0 Å². The molecular weight excluding hydrogens is 260 g/mol. The molecule has 2 N–H and O–H groups in total. The number of nitriles is 1. The van der Waals surface area contributed by atoms with E-state index in [1.54, 1.807) is 0 Å². The lowest BCUT2D eigenvalue weighted by Gasteiger charge is -2.21. The number of nitro benzene ring substituents is 1. The lowest BCUT2D eigenvalue weighted by Crippen LogP contribution is -2.41. The highest BCUT2D eigenvalue weighted by atomic mass is 16.6. The van der Waals surface area contributed by atoms with E-state index in [4.69, 9.17) is 5.26 Å². The zero-order valence-corrected chi connectivity index (χ0v) is 11.5. The molecule has 1 unspecified atom stereocenters. The van der Waals surface area contributed by atoms with Gasteiger partial charge in [-0.05, 0) is 18.1 Å². The summed E-state index contributed by atoms with van der Waals surface area (Å²) in [6.45, 7) is 3.67. The maximum atomic E-state index is 11.8. The van der Waals surface area contributed by atoms with Gasteiger partial charge in [0, 0.05) is 13.1 Å². The van der Waals surface area contributed by atoms with E-state index in [0.29, 0.717) is 0 Å². The summed E-state index contributed by atoms with van der Waals surface area (Å²) < 4.78 is 0. The van der Waals surface area contributed by atoms with Crippen LogP contribution >= 0.6 is 0 Å². The Bertz CT molecular complexity index is 563. The van der Waals surface area contributed by atoms with E-state index in [-0.39, 0.29) is 28.8 Å². The number of hydrogen-bond donors (Lipinski definition) is 2. The van der Waals surface area contributed by atoms with Gasteiger partial charge in [-0.3, -0.25) is 14.9 Å². The topological polar surface area (TPSA) is 108 Å². The van der Waals surface area contributed by atoms with Crippen molar-refractivity contribution in [2.24, 2.45) is 5.92 Å². The molecule has 7 nitrogen and oxygen atoms in total. The summed E-state index contributed by atoms with van der Waals surface area (Å²) in [5.74, 6) is -0.302. The first-order chi connectivity index (χ1) is 9.40. The predicted molar refractivity (Wildman–Crippen MR) is 74.1 cm³/mol. The Morgan fingerprint density at radius 1 is 1.45 bits per heavy atom. The molecule has 0 spiro atoms. The molecule has 0 radical (unpaired) electrons. The molecule has 0 aliphatic heterocycles. The predicted octanol–water partition coefficient (Wildman–Crippen LogP) is 1.65. The normalized spacial score (nSPS) is 11.6. The highest BCUT2D eigenvalue weighted by Gasteiger charge is 2.24. The van der Waals surface area contributed by atoms with E-state index in [0.717, 1.165) is 0 Å². The molecule has 106 valence electrons. The molecule has 1 amide bonds. The van der Waals surface area contributed by atoms with Gasteiger partial charge in [0.2, 0.25) is 5.91 Å². The van der Waals surface area contributed by atoms with Crippen molar-refractivity contribution in [3.8, 4) is 6.07 Å². The van der Waals surface area contributed by atoms with E-state index in [2.05, 4.69) is 10.6 Å². The molecular formula is C13H16N4O3. The van der Waals surface area contributed by atoms with Crippen molar-refractivity contribution < 1.29 is 9.72 Å². The summed E-state index contributed by atoms with van der Waals surface area (Å²) in [5, 5.41) is 25.2. The number of carbonyl (C=O) groups is 1. The van der Waals surface area contributed by atoms with Crippen LogP contribution in [0.4, 0.5) is 11.4 Å². The number of carbonyl (C=O) groups excluding carboxylic acids is 1. The first-order valence-electron chi connectivity index (χ1n) is 6.07. The number of nitrogens with zero attached hydrogens (tertiary/aromatic N) is 2. The minimum absolute atomic E-state index is 0.0507. The quantitative estimate of drug-likeness (QED) is 0.628. The molecule has 0 saturated heterocycles. The fourth-order valence-electron chi connectivity index (χ4n) is 1.73. The number of benzene rings is 1. The SMILES string of the molecule is CNC(=O)C(Nc1ccc(C#N)cc1[N+](=O)[O-])C(C)C. The minimum atomic E-state index is -0.591. The van der Waals surface area contributed by atoms with Crippen LogP contribution in [-0.2, 0) is 4.79 Å². The average molecular weight is 276 g/mol. The van der Waals surface area contributed by atoms with Crippen LogP contribution in [0, 0.1) is 27.4 Å². The van der Waals surface area contributed by atoms with Gasteiger partial charge in [0.05, 0.1) is 16.6 Å². The summed E-state index contributed by atoms with van der Waals surface area (Å²) in [7, 11) is 1.51. The van der Waals surface area contributed by atoms with Crippen molar-refractivity contribution in [2.45, 2.75) is 19.9 Å². The molecule has 0 aromatic heterocycles. The van der Waals surface area contributed by atoms with Gasteiger partial charge in [-0.25, -0.2) is 0 Å². The molecule has 0 aliphatic carbocycles. The van der Waals surface area contributed by atoms with Gasteiger partial charge in [0.1, 0.15) is 11.7 Å². The van der Waals surface area contributed by atoms with Crippen LogP contribution < -0.4 is 10.6 Å². The molecule has 1 aromatic rings. The fourth-order valence-corrected chi connectivity index (χ4v) is 1.73. The standard InChI is InChI=1S/C13H16N4O3/c1-8(2)12(13(18)15-3)16-10-5-4-9(7-14)6-11(10)17(19)20/h4-6,8,12,16H,1-3H3,(H,15,18). The highest BCUT2D eigenvalue weighted by molar-refractivity contribution is 5.85. The van der Waals surface area contributed by atoms with Gasteiger partial charge in [0.15, 0.2) is 0 Å². The monoisotopic (exact) mass is 276 g/mol. The molecule has 0 aliphatic rings. The van der Waals surface area contributed by atoms with Crippen LogP contribution in [0.5, 0.6) is 0 Å². The number of amides is 1. The maximum Gasteiger partial charge on any atom is 0.293 e. The van der Waals surface area contributed by atoms with Gasteiger partial charge >= 0.3 is 0 Å². The lowest BCUT2D eigenvalue weighted by atomic mass is 10.0. The highest BCUT2D eigenvalue weighted by Crippen LogP contribution is 2.27. The van der Waals surface area contributed by atoms with Crippen molar-refractivity contribution in [1.29, 1.82) is 5.26 Å². The maximum absolute atomic E-state index is 11.8. The van der Waals surface area contributed by atoms with Crippen molar-refractivity contribution >= 4 is 17.3 Å². The number of nitro groups is 1. The number of anilines is 1. The minimum Gasteiger partial charge on any atom is -0.368 e. The zero-order chi connectivity index (χ0) is 15.3. The molecule has 20 heavy (non-hydrogen) atoms. The summed E-state index contributed by atoms with van der Waals surface area (Å²) in [6, 6.07) is 5.35. The average Bonchev–Trinajstić information content (AvgIpc) is 2.43. The third-order valence-corrected chi connectivity index (χ3v) is 2.83. The molecule has 7 heteroatoms. The molecule has 0 bridgehead atoms. The van der Waals surface area contributed by atoms with Crippen LogP contribution in [0.25, 0.3) is 0 Å². The Morgan fingerprint density at radius 3 is 2.55 bits per heavy atom. The number of likely N-dealkylation sites (N-methyl/N-ethyl adjacent to an activating group) is 1. The Hall–Kier alpha value is -2.62. The van der Waals surface area contributed by atoms with Gasteiger partial charge in [-0.1, -0.05) is 13.8 Å². The Balaban J connectivity index is 3.16. The van der Waals surface area contributed by atoms with Crippen molar-refractivity contribution in [2.75, 3.05) is 12.4 Å². The Morgan fingerprint density at radius 2 is 2.10 bits per heavy atom. The molecule has 1 rings (SSSR count). The summed E-state index contributed by atoms with van der Waals surface area (Å²) >= 11 is 0. The Kier molecular flexibility index (Phi) is 5.03. The van der Waals surface area contributed by atoms with Crippen molar-refractivity contribution in [1.82, 2.24) is 5.32 Å². The van der Waals surface area contributed by atoms with Crippen LogP contribution in [-0.4, -0.2) is 23.9 Å². The summed E-state index contributed by atoms with van der Waals surface area (Å²) in [5.41, 5.74) is 0.193. The van der Waals surface area contributed by atoms with Gasteiger partial charge in [0.25, 0.3) is 5.69 Å². The number of nitrogens with one attached hydrogen (secondary N) is 2. The smallest absolute Gasteiger partial charge is 0.293 e. The molecule has 0 heterocycles. The molecule has 1 atom stereocenters. The Labute approximate surface area is 116 Å². The third-order valence-electron chi connectivity index (χ3n) is 2.83. The van der Waals surface area contributed by atoms with Crippen LogP contribution in [0.3, 0.4) is 0 Å². The van der Waals surface area contributed by atoms with E-state index >= 15 is 0 Å². The largest absolute Gasteiger partial charge is 0.368 e.